The number of non-ortho nitro benzene ring substituents is 1. The molecule has 0 amide bonds. The van der Waals surface area contributed by atoms with Crippen molar-refractivity contribution in [3.05, 3.63) is 70.1 Å². The minimum atomic E-state index is -0.720. The van der Waals surface area contributed by atoms with E-state index in [-0.39, 0.29) is 17.5 Å². The molecule has 1 aromatic heterocycles. The Labute approximate surface area is 171 Å². The van der Waals surface area contributed by atoms with Gasteiger partial charge < -0.3 is 9.15 Å². The number of esters is 1. The highest BCUT2D eigenvalue weighted by molar-refractivity contribution is 8.00. The monoisotopic (exact) mass is 413 g/mol. The lowest BCUT2D eigenvalue weighted by molar-refractivity contribution is -0.384. The minimum Gasteiger partial charge on any atom is -0.452 e. The molecule has 0 saturated carbocycles. The Kier molecular flexibility index (Phi) is 6.28. The largest absolute Gasteiger partial charge is 0.452 e. The Morgan fingerprint density at radius 2 is 1.76 bits per heavy atom. The van der Waals surface area contributed by atoms with Crippen molar-refractivity contribution in [3.8, 4) is 11.5 Å². The van der Waals surface area contributed by atoms with Crippen LogP contribution in [0, 0.1) is 17.0 Å². The number of nitrogens with zero attached hydrogens (tertiary/aromatic N) is 3. The first-order valence-corrected chi connectivity index (χ1v) is 9.73. The van der Waals surface area contributed by atoms with Gasteiger partial charge in [0.05, 0.1) is 4.92 Å². The Hall–Kier alpha value is -3.20. The first-order valence-electron chi connectivity index (χ1n) is 8.85. The molecule has 0 saturated heterocycles. The number of carbonyl (C=O) groups excluding carboxylic acids is 1. The molecule has 8 nitrogen and oxygen atoms in total. The first kappa shape index (κ1) is 20.5. The van der Waals surface area contributed by atoms with Crippen molar-refractivity contribution >= 4 is 23.4 Å². The lowest BCUT2D eigenvalue weighted by Gasteiger charge is -2.14. The average Bonchev–Trinajstić information content (AvgIpc) is 3.20. The van der Waals surface area contributed by atoms with Gasteiger partial charge in [-0.05, 0) is 45.0 Å². The number of hydrogen-bond donors (Lipinski definition) is 0. The molecule has 0 bridgehead atoms. The number of aromatic nitrogens is 2. The van der Waals surface area contributed by atoms with Gasteiger partial charge in [0.25, 0.3) is 11.6 Å². The van der Waals surface area contributed by atoms with Crippen LogP contribution in [0.1, 0.15) is 31.4 Å². The molecule has 0 spiro atoms. The predicted octanol–water partition coefficient (Wildman–Crippen LogP) is 4.74. The fourth-order valence-corrected chi connectivity index (χ4v) is 3.28. The summed E-state index contributed by atoms with van der Waals surface area (Å²) < 4.78 is 11.0. The predicted molar refractivity (Wildman–Crippen MR) is 107 cm³/mol. The van der Waals surface area contributed by atoms with Gasteiger partial charge in [0, 0.05) is 22.6 Å². The second-order valence-electron chi connectivity index (χ2n) is 6.40. The SMILES string of the molecule is Cc1ccc(S[C@@H](C)C(=O)O[C@@H](C)c2nnc(-c3ccc([N+](=O)[O-])cc3)o2)cc1. The van der Waals surface area contributed by atoms with E-state index in [1.807, 2.05) is 31.2 Å². The molecular weight excluding hydrogens is 394 g/mol. The lowest BCUT2D eigenvalue weighted by atomic mass is 10.2. The van der Waals surface area contributed by atoms with Gasteiger partial charge in [-0.2, -0.15) is 0 Å². The van der Waals surface area contributed by atoms with E-state index in [0.29, 0.717) is 5.56 Å². The number of hydrogen-bond acceptors (Lipinski definition) is 8. The molecule has 3 aromatic rings. The highest BCUT2D eigenvalue weighted by Gasteiger charge is 2.23. The molecule has 0 aliphatic heterocycles. The van der Waals surface area contributed by atoms with Crippen LogP contribution < -0.4 is 0 Å². The highest BCUT2D eigenvalue weighted by Crippen LogP contribution is 2.27. The molecule has 0 radical (unpaired) electrons. The molecule has 2 aromatic carbocycles. The van der Waals surface area contributed by atoms with Crippen molar-refractivity contribution in [2.24, 2.45) is 0 Å². The molecule has 0 unspecified atom stereocenters. The number of carbonyl (C=O) groups is 1. The summed E-state index contributed by atoms with van der Waals surface area (Å²) in [7, 11) is 0. The average molecular weight is 413 g/mol. The Balaban J connectivity index is 1.61. The van der Waals surface area contributed by atoms with Gasteiger partial charge in [0.2, 0.25) is 5.89 Å². The number of benzene rings is 2. The van der Waals surface area contributed by atoms with Crippen LogP contribution in [0.5, 0.6) is 0 Å². The van der Waals surface area contributed by atoms with Crippen molar-refractivity contribution < 1.29 is 18.9 Å². The highest BCUT2D eigenvalue weighted by atomic mass is 32.2. The Morgan fingerprint density at radius 1 is 1.10 bits per heavy atom. The maximum Gasteiger partial charge on any atom is 0.319 e. The zero-order valence-corrected chi connectivity index (χ0v) is 16.9. The van der Waals surface area contributed by atoms with Crippen LogP contribution in [-0.4, -0.2) is 26.3 Å². The van der Waals surface area contributed by atoms with E-state index in [1.54, 1.807) is 13.8 Å². The van der Waals surface area contributed by atoms with Gasteiger partial charge >= 0.3 is 5.97 Å². The summed E-state index contributed by atoms with van der Waals surface area (Å²) in [4.78, 5) is 23.6. The van der Waals surface area contributed by atoms with Gasteiger partial charge in [0.15, 0.2) is 6.10 Å². The third kappa shape index (κ3) is 5.20. The van der Waals surface area contributed by atoms with Gasteiger partial charge in [-0.3, -0.25) is 14.9 Å². The van der Waals surface area contributed by atoms with E-state index >= 15 is 0 Å². The van der Waals surface area contributed by atoms with Crippen LogP contribution in [-0.2, 0) is 9.53 Å². The maximum absolute atomic E-state index is 12.4. The quantitative estimate of drug-likeness (QED) is 0.236. The minimum absolute atomic E-state index is 0.0316. The zero-order valence-electron chi connectivity index (χ0n) is 16.1. The topological polar surface area (TPSA) is 108 Å². The second kappa shape index (κ2) is 8.87. The zero-order chi connectivity index (χ0) is 21.0. The maximum atomic E-state index is 12.4. The van der Waals surface area contributed by atoms with E-state index in [0.717, 1.165) is 10.5 Å². The van der Waals surface area contributed by atoms with Crippen LogP contribution in [0.2, 0.25) is 0 Å². The van der Waals surface area contributed by atoms with Gasteiger partial charge in [-0.1, -0.05) is 17.7 Å². The standard InChI is InChI=1S/C20H19N3O5S/c1-12-4-10-17(11-5-12)29-14(3)20(24)27-13(2)18-21-22-19(28-18)15-6-8-16(9-7-15)23(25)26/h4-11,13-14H,1-3H3/t13-,14-/m0/s1. The normalized spacial score (nSPS) is 12.9. The molecule has 0 aliphatic rings. The first-order chi connectivity index (χ1) is 13.8. The molecule has 9 heteroatoms. The molecule has 0 aliphatic carbocycles. The molecule has 0 fully saturated rings. The fraction of sp³-hybridized carbons (Fsp3) is 0.250. The number of aryl methyl sites for hydroxylation is 1. The van der Waals surface area contributed by atoms with Crippen molar-refractivity contribution in [2.45, 2.75) is 37.0 Å². The molecular formula is C20H19N3O5S. The molecule has 150 valence electrons. The van der Waals surface area contributed by atoms with E-state index in [9.17, 15) is 14.9 Å². The van der Waals surface area contributed by atoms with Gasteiger partial charge in [0.1, 0.15) is 5.25 Å². The molecule has 2 atom stereocenters. The van der Waals surface area contributed by atoms with Gasteiger partial charge in [-0.25, -0.2) is 0 Å². The Bertz CT molecular complexity index is 1000. The molecule has 29 heavy (non-hydrogen) atoms. The summed E-state index contributed by atoms with van der Waals surface area (Å²) in [6.07, 6.45) is -0.720. The summed E-state index contributed by atoms with van der Waals surface area (Å²) in [5, 5.41) is 18.2. The summed E-state index contributed by atoms with van der Waals surface area (Å²) >= 11 is 1.41. The third-order valence-electron chi connectivity index (χ3n) is 4.07. The van der Waals surface area contributed by atoms with Crippen molar-refractivity contribution in [1.29, 1.82) is 0 Å². The van der Waals surface area contributed by atoms with Gasteiger partial charge in [-0.15, -0.1) is 22.0 Å². The number of thioether (sulfide) groups is 1. The Morgan fingerprint density at radius 3 is 2.38 bits per heavy atom. The fourth-order valence-electron chi connectivity index (χ4n) is 2.43. The van der Waals surface area contributed by atoms with Crippen LogP contribution in [0.4, 0.5) is 5.69 Å². The number of rotatable bonds is 7. The van der Waals surface area contributed by atoms with Crippen molar-refractivity contribution in [3.63, 3.8) is 0 Å². The summed E-state index contributed by atoms with van der Waals surface area (Å²) in [5.74, 6) is -0.0442. The number of nitro benzene ring substituents is 1. The van der Waals surface area contributed by atoms with E-state index in [1.165, 1.54) is 36.0 Å². The lowest BCUT2D eigenvalue weighted by Crippen LogP contribution is -2.19. The van der Waals surface area contributed by atoms with Crippen molar-refractivity contribution in [2.75, 3.05) is 0 Å². The van der Waals surface area contributed by atoms with Crippen LogP contribution in [0.15, 0.2) is 57.8 Å². The summed E-state index contributed by atoms with van der Waals surface area (Å²) in [6, 6.07) is 13.6. The third-order valence-corrected chi connectivity index (χ3v) is 5.16. The van der Waals surface area contributed by atoms with Crippen molar-refractivity contribution in [1.82, 2.24) is 10.2 Å². The van der Waals surface area contributed by atoms with E-state index in [2.05, 4.69) is 10.2 Å². The summed E-state index contributed by atoms with van der Waals surface area (Å²) in [6.45, 7) is 5.42. The van der Waals surface area contributed by atoms with Crippen LogP contribution in [0.25, 0.3) is 11.5 Å². The molecule has 1 heterocycles. The number of ether oxygens (including phenoxy) is 1. The van der Waals surface area contributed by atoms with Crippen LogP contribution >= 0.6 is 11.8 Å². The molecule has 0 N–H and O–H groups in total. The van der Waals surface area contributed by atoms with E-state index in [4.69, 9.17) is 9.15 Å². The van der Waals surface area contributed by atoms with Crippen LogP contribution in [0.3, 0.4) is 0 Å². The smallest absolute Gasteiger partial charge is 0.319 e. The second-order valence-corrected chi connectivity index (χ2v) is 7.82. The number of nitro groups is 1. The molecule has 3 rings (SSSR count). The van der Waals surface area contributed by atoms with E-state index < -0.39 is 22.2 Å². The summed E-state index contributed by atoms with van der Waals surface area (Å²) in [5.41, 5.74) is 1.66.